The van der Waals surface area contributed by atoms with Crippen LogP contribution >= 0.6 is 0 Å². The molecule has 2 atom stereocenters. The van der Waals surface area contributed by atoms with Gasteiger partial charge in [-0.15, -0.1) is 0 Å². The monoisotopic (exact) mass is 395 g/mol. The van der Waals surface area contributed by atoms with Crippen molar-refractivity contribution in [1.82, 2.24) is 10.2 Å². The predicted octanol–water partition coefficient (Wildman–Crippen LogP) is 3.59. The number of anilines is 1. The number of aryl methyl sites for hydroxylation is 1. The summed E-state index contributed by atoms with van der Waals surface area (Å²) in [7, 11) is 1.36. The zero-order valence-corrected chi connectivity index (χ0v) is 17.5. The van der Waals surface area contributed by atoms with Crippen LogP contribution in [0.2, 0.25) is 0 Å². The Kier molecular flexibility index (Phi) is 6.54. The number of nitrogens with one attached hydrogen (secondary N) is 1. The zero-order valence-electron chi connectivity index (χ0n) is 17.5. The number of urea groups is 1. The minimum Gasteiger partial charge on any atom is -0.465 e. The molecule has 0 aromatic heterocycles. The summed E-state index contributed by atoms with van der Waals surface area (Å²) < 4.78 is 4.76. The molecule has 6 nitrogen and oxygen atoms in total. The Morgan fingerprint density at radius 3 is 2.34 bits per heavy atom. The highest BCUT2D eigenvalue weighted by molar-refractivity contribution is 5.92. The van der Waals surface area contributed by atoms with E-state index in [1.807, 2.05) is 53.1 Å². The maximum Gasteiger partial charge on any atom is 0.337 e. The van der Waals surface area contributed by atoms with Gasteiger partial charge in [-0.2, -0.15) is 0 Å². The second-order valence-corrected chi connectivity index (χ2v) is 7.77. The van der Waals surface area contributed by atoms with Crippen molar-refractivity contribution in [1.29, 1.82) is 0 Å². The molecular formula is C23H29N3O3. The van der Waals surface area contributed by atoms with Crippen LogP contribution in [0.1, 0.15) is 35.3 Å². The number of methoxy groups -OCH3 is 1. The number of benzene rings is 2. The average Bonchev–Trinajstić information content (AvgIpc) is 2.70. The molecule has 1 N–H and O–H groups in total. The summed E-state index contributed by atoms with van der Waals surface area (Å²) >= 11 is 0. The Hall–Kier alpha value is -2.86. The fraction of sp³-hybridized carbons (Fsp3) is 0.391. The van der Waals surface area contributed by atoms with Gasteiger partial charge in [0.05, 0.1) is 19.2 Å². The average molecular weight is 396 g/mol. The van der Waals surface area contributed by atoms with Crippen molar-refractivity contribution in [2.24, 2.45) is 0 Å². The van der Waals surface area contributed by atoms with Gasteiger partial charge in [0, 0.05) is 30.9 Å². The van der Waals surface area contributed by atoms with Crippen molar-refractivity contribution in [2.75, 3.05) is 25.1 Å². The quantitative estimate of drug-likeness (QED) is 0.804. The number of hydrogen-bond donors (Lipinski definition) is 1. The van der Waals surface area contributed by atoms with Gasteiger partial charge in [-0.3, -0.25) is 4.90 Å². The third kappa shape index (κ3) is 5.15. The van der Waals surface area contributed by atoms with Crippen LogP contribution < -0.4 is 10.2 Å². The van der Waals surface area contributed by atoms with Gasteiger partial charge in [-0.05, 0) is 56.2 Å². The maximum absolute atomic E-state index is 13.5. The van der Waals surface area contributed by atoms with Gasteiger partial charge >= 0.3 is 12.0 Å². The van der Waals surface area contributed by atoms with Gasteiger partial charge in [0.15, 0.2) is 0 Å². The molecule has 1 fully saturated rings. The second kappa shape index (κ2) is 9.09. The van der Waals surface area contributed by atoms with E-state index in [1.54, 1.807) is 12.1 Å². The van der Waals surface area contributed by atoms with Crippen molar-refractivity contribution in [3.8, 4) is 0 Å². The van der Waals surface area contributed by atoms with Crippen molar-refractivity contribution in [3.63, 3.8) is 0 Å². The lowest BCUT2D eigenvalue weighted by Crippen LogP contribution is -2.58. The van der Waals surface area contributed by atoms with Crippen LogP contribution in [0.4, 0.5) is 10.5 Å². The molecule has 6 heteroatoms. The summed E-state index contributed by atoms with van der Waals surface area (Å²) in [5.41, 5.74) is 3.41. The van der Waals surface area contributed by atoms with Crippen LogP contribution in [0.15, 0.2) is 48.5 Å². The van der Waals surface area contributed by atoms with E-state index in [9.17, 15) is 9.59 Å². The van der Waals surface area contributed by atoms with Crippen molar-refractivity contribution in [2.45, 2.75) is 39.4 Å². The third-order valence-corrected chi connectivity index (χ3v) is 5.09. The van der Waals surface area contributed by atoms with Gasteiger partial charge in [-0.25, -0.2) is 9.59 Å². The van der Waals surface area contributed by atoms with E-state index in [4.69, 9.17) is 4.74 Å². The Morgan fingerprint density at radius 2 is 1.76 bits per heavy atom. The number of amides is 2. The van der Waals surface area contributed by atoms with E-state index in [0.29, 0.717) is 25.2 Å². The summed E-state index contributed by atoms with van der Waals surface area (Å²) in [6, 6.07) is 15.7. The first kappa shape index (κ1) is 20.9. The van der Waals surface area contributed by atoms with Crippen LogP contribution in [0.5, 0.6) is 0 Å². The van der Waals surface area contributed by atoms with E-state index < -0.39 is 0 Å². The number of carbonyl (C=O) groups excluding carboxylic acids is 2. The van der Waals surface area contributed by atoms with Crippen LogP contribution in [0.3, 0.4) is 0 Å². The number of rotatable bonds is 4. The van der Waals surface area contributed by atoms with Crippen LogP contribution in [-0.2, 0) is 11.3 Å². The molecule has 1 saturated heterocycles. The first-order valence-corrected chi connectivity index (χ1v) is 9.93. The summed E-state index contributed by atoms with van der Waals surface area (Å²) in [4.78, 5) is 28.9. The molecule has 0 radical (unpaired) electrons. The molecule has 1 heterocycles. The van der Waals surface area contributed by atoms with Gasteiger partial charge in [0.2, 0.25) is 0 Å². The van der Waals surface area contributed by atoms with Crippen LogP contribution in [0.25, 0.3) is 0 Å². The number of carbonyl (C=O) groups is 2. The number of esters is 1. The predicted molar refractivity (Wildman–Crippen MR) is 114 cm³/mol. The number of nitrogens with zero attached hydrogens (tertiary/aromatic N) is 2. The molecule has 0 spiro atoms. The van der Waals surface area contributed by atoms with Gasteiger partial charge in [0.1, 0.15) is 0 Å². The first-order valence-electron chi connectivity index (χ1n) is 9.93. The molecule has 0 unspecified atom stereocenters. The minimum atomic E-state index is -0.369. The SMILES string of the molecule is COC(=O)c1ccc(CN(C(=O)N2C[C@@H](C)N[C@@H](C)C2)c2cccc(C)c2)cc1. The highest BCUT2D eigenvalue weighted by Gasteiger charge is 2.29. The summed E-state index contributed by atoms with van der Waals surface area (Å²) in [5.74, 6) is -0.369. The van der Waals surface area contributed by atoms with Gasteiger partial charge < -0.3 is 15.0 Å². The molecule has 0 saturated carbocycles. The third-order valence-electron chi connectivity index (χ3n) is 5.09. The number of ether oxygens (including phenoxy) is 1. The largest absolute Gasteiger partial charge is 0.465 e. The molecule has 29 heavy (non-hydrogen) atoms. The molecule has 154 valence electrons. The molecule has 0 bridgehead atoms. The van der Waals surface area contributed by atoms with Gasteiger partial charge in [0.25, 0.3) is 0 Å². The maximum atomic E-state index is 13.5. The minimum absolute atomic E-state index is 0.00663. The summed E-state index contributed by atoms with van der Waals surface area (Å²) in [6.45, 7) is 7.99. The molecular weight excluding hydrogens is 366 g/mol. The Bertz CT molecular complexity index is 856. The van der Waals surface area contributed by atoms with E-state index in [2.05, 4.69) is 19.2 Å². The molecule has 2 amide bonds. The Morgan fingerprint density at radius 1 is 1.10 bits per heavy atom. The fourth-order valence-electron chi connectivity index (χ4n) is 3.77. The lowest BCUT2D eigenvalue weighted by atomic mass is 10.1. The van der Waals surface area contributed by atoms with Gasteiger partial charge in [-0.1, -0.05) is 24.3 Å². The standard InChI is InChI=1S/C23H29N3O3/c1-16-6-5-7-21(12-16)26(23(28)25-13-17(2)24-18(3)14-25)15-19-8-10-20(11-9-19)22(27)29-4/h5-12,17-18,24H,13-15H2,1-4H3/t17-,18+. The Balaban J connectivity index is 1.87. The lowest BCUT2D eigenvalue weighted by Gasteiger charge is -2.39. The lowest BCUT2D eigenvalue weighted by molar-refractivity contribution is 0.0600. The van der Waals surface area contributed by atoms with Crippen LogP contribution in [-0.4, -0.2) is 49.2 Å². The van der Waals surface area contributed by atoms with E-state index in [-0.39, 0.29) is 24.1 Å². The zero-order chi connectivity index (χ0) is 21.0. The summed E-state index contributed by atoms with van der Waals surface area (Å²) in [6.07, 6.45) is 0. The second-order valence-electron chi connectivity index (χ2n) is 7.77. The smallest absolute Gasteiger partial charge is 0.337 e. The molecule has 0 aliphatic carbocycles. The number of piperazine rings is 1. The topological polar surface area (TPSA) is 61.9 Å². The van der Waals surface area contributed by atoms with E-state index in [1.165, 1.54) is 7.11 Å². The normalized spacial score (nSPS) is 19.0. The fourth-order valence-corrected chi connectivity index (χ4v) is 3.77. The molecule has 2 aromatic rings. The van der Waals surface area contributed by atoms with E-state index >= 15 is 0 Å². The highest BCUT2D eigenvalue weighted by Crippen LogP contribution is 2.22. The Labute approximate surface area is 172 Å². The van der Waals surface area contributed by atoms with Crippen LogP contribution in [0, 0.1) is 6.92 Å². The molecule has 1 aliphatic heterocycles. The first-order chi connectivity index (χ1) is 13.9. The molecule has 1 aliphatic rings. The van der Waals surface area contributed by atoms with Crippen molar-refractivity contribution >= 4 is 17.7 Å². The highest BCUT2D eigenvalue weighted by atomic mass is 16.5. The molecule has 3 rings (SSSR count). The van der Waals surface area contributed by atoms with E-state index in [0.717, 1.165) is 16.8 Å². The van der Waals surface area contributed by atoms with Crippen molar-refractivity contribution < 1.29 is 14.3 Å². The van der Waals surface area contributed by atoms with Crippen molar-refractivity contribution in [3.05, 3.63) is 65.2 Å². The number of hydrogen-bond acceptors (Lipinski definition) is 4. The molecule has 2 aromatic carbocycles. The summed E-state index contributed by atoms with van der Waals surface area (Å²) in [5, 5.41) is 3.47.